The van der Waals surface area contributed by atoms with Crippen LogP contribution in [0.25, 0.3) is 5.78 Å². The zero-order valence-electron chi connectivity index (χ0n) is 14.5. The van der Waals surface area contributed by atoms with Crippen LogP contribution in [-0.4, -0.2) is 38.3 Å². The van der Waals surface area contributed by atoms with Crippen molar-refractivity contribution in [3.8, 4) is 0 Å². The lowest BCUT2D eigenvalue weighted by molar-refractivity contribution is -0.0271. The van der Waals surface area contributed by atoms with E-state index in [4.69, 9.17) is 4.74 Å². The molecule has 2 atom stereocenters. The van der Waals surface area contributed by atoms with Crippen molar-refractivity contribution in [2.75, 3.05) is 11.9 Å². The highest BCUT2D eigenvalue weighted by molar-refractivity contribution is 5.52. The number of hydrogen-bond acceptors (Lipinski definition) is 5. The lowest BCUT2D eigenvalue weighted by Gasteiger charge is -2.35. The van der Waals surface area contributed by atoms with E-state index in [0.29, 0.717) is 23.8 Å². The van der Waals surface area contributed by atoms with Crippen LogP contribution >= 0.6 is 0 Å². The summed E-state index contributed by atoms with van der Waals surface area (Å²) in [5.41, 5.74) is 2.13. The molecule has 3 heterocycles. The molecule has 6 nitrogen and oxygen atoms in total. The number of rotatable bonds is 5. The fourth-order valence-corrected chi connectivity index (χ4v) is 3.50. The average molecular weight is 317 g/mol. The highest BCUT2D eigenvalue weighted by atomic mass is 16.5. The molecule has 1 fully saturated rings. The van der Waals surface area contributed by atoms with Crippen LogP contribution in [0.4, 0.5) is 5.82 Å². The van der Waals surface area contributed by atoms with Gasteiger partial charge in [-0.3, -0.25) is 0 Å². The van der Waals surface area contributed by atoms with Crippen LogP contribution in [0.15, 0.2) is 6.33 Å². The molecule has 1 aliphatic heterocycles. The average Bonchev–Trinajstić information content (AvgIpc) is 3.01. The third kappa shape index (κ3) is 3.17. The van der Waals surface area contributed by atoms with Crippen molar-refractivity contribution in [2.24, 2.45) is 5.92 Å². The van der Waals surface area contributed by atoms with Crippen LogP contribution in [0.1, 0.15) is 50.8 Å². The van der Waals surface area contributed by atoms with E-state index in [1.807, 2.05) is 11.4 Å². The van der Waals surface area contributed by atoms with Crippen LogP contribution in [-0.2, 0) is 4.74 Å². The number of fused-ring (bicyclic) bond motifs is 1. The Balaban J connectivity index is 1.82. The van der Waals surface area contributed by atoms with Gasteiger partial charge in [0.1, 0.15) is 12.1 Å². The van der Waals surface area contributed by atoms with Crippen LogP contribution in [0, 0.1) is 19.8 Å². The smallest absolute Gasteiger partial charge is 0.254 e. The summed E-state index contributed by atoms with van der Waals surface area (Å²) < 4.78 is 7.84. The summed E-state index contributed by atoms with van der Waals surface area (Å²) in [6.45, 7) is 9.44. The Morgan fingerprint density at radius 3 is 2.87 bits per heavy atom. The van der Waals surface area contributed by atoms with Gasteiger partial charge in [0, 0.05) is 23.9 Å². The van der Waals surface area contributed by atoms with Crippen LogP contribution in [0.2, 0.25) is 0 Å². The summed E-state index contributed by atoms with van der Waals surface area (Å²) in [5.74, 6) is 2.31. The highest BCUT2D eigenvalue weighted by Crippen LogP contribution is 2.28. The minimum atomic E-state index is 0.353. The molecule has 0 bridgehead atoms. The Hall–Kier alpha value is -1.69. The predicted octanol–water partition coefficient (Wildman–Crippen LogP) is 3.14. The SMILES string of the molecule is CCC(CC)C1CC(Nc2c(C)c(C)nc3ncnn23)CCO1. The molecular weight excluding hydrogens is 290 g/mol. The van der Waals surface area contributed by atoms with Gasteiger partial charge in [-0.15, -0.1) is 0 Å². The van der Waals surface area contributed by atoms with E-state index in [-0.39, 0.29) is 0 Å². The molecule has 2 aromatic rings. The predicted molar refractivity (Wildman–Crippen MR) is 90.7 cm³/mol. The maximum absolute atomic E-state index is 6.03. The quantitative estimate of drug-likeness (QED) is 0.918. The van der Waals surface area contributed by atoms with E-state index in [1.54, 1.807) is 6.33 Å². The summed E-state index contributed by atoms with van der Waals surface area (Å²) in [6.07, 6.45) is 6.33. The monoisotopic (exact) mass is 317 g/mol. The molecule has 2 aromatic heterocycles. The van der Waals surface area contributed by atoms with Gasteiger partial charge >= 0.3 is 0 Å². The first kappa shape index (κ1) is 16.2. The molecule has 0 saturated carbocycles. The minimum absolute atomic E-state index is 0.353. The van der Waals surface area contributed by atoms with Crippen LogP contribution in [0.5, 0.6) is 0 Å². The molecule has 0 spiro atoms. The first-order valence-corrected chi connectivity index (χ1v) is 8.69. The van der Waals surface area contributed by atoms with Crippen molar-refractivity contribution in [2.45, 2.75) is 65.5 Å². The number of nitrogens with one attached hydrogen (secondary N) is 1. The van der Waals surface area contributed by atoms with Crippen molar-refractivity contribution in [1.82, 2.24) is 19.6 Å². The molecule has 1 N–H and O–H groups in total. The lowest BCUT2D eigenvalue weighted by atomic mass is 9.89. The summed E-state index contributed by atoms with van der Waals surface area (Å²) >= 11 is 0. The topological polar surface area (TPSA) is 64.3 Å². The van der Waals surface area contributed by atoms with Crippen molar-refractivity contribution in [1.29, 1.82) is 0 Å². The normalized spacial score (nSPS) is 22.0. The lowest BCUT2D eigenvalue weighted by Crippen LogP contribution is -2.38. The van der Waals surface area contributed by atoms with Gasteiger partial charge in [-0.1, -0.05) is 26.7 Å². The highest BCUT2D eigenvalue weighted by Gasteiger charge is 2.28. The van der Waals surface area contributed by atoms with Gasteiger partial charge in [-0.05, 0) is 32.6 Å². The summed E-state index contributed by atoms with van der Waals surface area (Å²) in [4.78, 5) is 8.70. The Morgan fingerprint density at radius 2 is 2.13 bits per heavy atom. The van der Waals surface area contributed by atoms with Gasteiger partial charge in [0.2, 0.25) is 0 Å². The second-order valence-electron chi connectivity index (χ2n) is 6.49. The van der Waals surface area contributed by atoms with E-state index in [0.717, 1.165) is 36.5 Å². The molecule has 0 amide bonds. The number of anilines is 1. The Bertz CT molecular complexity index is 664. The molecule has 23 heavy (non-hydrogen) atoms. The third-order valence-electron chi connectivity index (χ3n) is 5.14. The van der Waals surface area contributed by atoms with Crippen molar-refractivity contribution in [3.05, 3.63) is 17.6 Å². The number of ether oxygens (including phenoxy) is 1. The fraction of sp³-hybridized carbons (Fsp3) is 0.706. The summed E-state index contributed by atoms with van der Waals surface area (Å²) in [7, 11) is 0. The van der Waals surface area contributed by atoms with Gasteiger partial charge in [0.25, 0.3) is 5.78 Å². The first-order chi connectivity index (χ1) is 11.1. The van der Waals surface area contributed by atoms with Gasteiger partial charge < -0.3 is 10.1 Å². The number of aryl methyl sites for hydroxylation is 1. The number of nitrogens with zero attached hydrogens (tertiary/aromatic N) is 4. The third-order valence-corrected chi connectivity index (χ3v) is 5.14. The van der Waals surface area contributed by atoms with E-state index in [9.17, 15) is 0 Å². The Labute approximate surface area is 137 Å². The summed E-state index contributed by atoms with van der Waals surface area (Å²) in [5, 5.41) is 8.01. The van der Waals surface area contributed by atoms with Gasteiger partial charge in [0.15, 0.2) is 0 Å². The van der Waals surface area contributed by atoms with Crippen molar-refractivity contribution in [3.63, 3.8) is 0 Å². The second kappa shape index (κ2) is 6.83. The van der Waals surface area contributed by atoms with E-state index in [1.165, 1.54) is 12.8 Å². The maximum atomic E-state index is 6.03. The number of aromatic nitrogens is 4. The van der Waals surface area contributed by atoms with Gasteiger partial charge in [-0.25, -0.2) is 4.98 Å². The first-order valence-electron chi connectivity index (χ1n) is 8.69. The van der Waals surface area contributed by atoms with Crippen LogP contribution < -0.4 is 5.32 Å². The summed E-state index contributed by atoms with van der Waals surface area (Å²) in [6, 6.07) is 0.405. The minimum Gasteiger partial charge on any atom is -0.378 e. The van der Waals surface area contributed by atoms with Crippen LogP contribution in [0.3, 0.4) is 0 Å². The fourth-order valence-electron chi connectivity index (χ4n) is 3.50. The molecule has 3 rings (SSSR count). The van der Waals surface area contributed by atoms with Crippen molar-refractivity contribution < 1.29 is 4.74 Å². The zero-order valence-corrected chi connectivity index (χ0v) is 14.5. The number of hydrogen-bond donors (Lipinski definition) is 1. The largest absolute Gasteiger partial charge is 0.378 e. The standard InChI is InChI=1S/C17H27N5O/c1-5-13(6-2)15-9-14(7-8-23-15)21-16-11(3)12(4)20-17-18-10-19-22(16)17/h10,13-15,21H,5-9H2,1-4H3. The van der Waals surface area contributed by atoms with Gasteiger partial charge in [-0.2, -0.15) is 14.6 Å². The zero-order chi connectivity index (χ0) is 16.4. The second-order valence-corrected chi connectivity index (χ2v) is 6.49. The molecule has 126 valence electrons. The van der Waals surface area contributed by atoms with E-state index < -0.39 is 0 Å². The van der Waals surface area contributed by atoms with E-state index in [2.05, 4.69) is 41.2 Å². The molecule has 0 aromatic carbocycles. The molecular formula is C17H27N5O. The Kier molecular flexibility index (Phi) is 4.80. The van der Waals surface area contributed by atoms with E-state index >= 15 is 0 Å². The van der Waals surface area contributed by atoms with Gasteiger partial charge in [0.05, 0.1) is 6.10 Å². The molecule has 1 aliphatic rings. The maximum Gasteiger partial charge on any atom is 0.254 e. The molecule has 0 radical (unpaired) electrons. The molecule has 2 unspecified atom stereocenters. The Morgan fingerprint density at radius 1 is 1.35 bits per heavy atom. The molecule has 0 aliphatic carbocycles. The molecule has 6 heteroatoms. The molecule has 1 saturated heterocycles. The van der Waals surface area contributed by atoms with Crippen molar-refractivity contribution >= 4 is 11.6 Å².